The van der Waals surface area contributed by atoms with E-state index in [1.807, 2.05) is 22.4 Å². The van der Waals surface area contributed by atoms with Crippen LogP contribution >= 0.6 is 22.9 Å². The van der Waals surface area contributed by atoms with E-state index in [0.29, 0.717) is 36.1 Å². The number of hydrogen-bond donors (Lipinski definition) is 1. The molecule has 2 aliphatic rings. The topological polar surface area (TPSA) is 74.8 Å². The van der Waals surface area contributed by atoms with Crippen molar-refractivity contribution in [3.8, 4) is 5.75 Å². The number of piperidine rings is 2. The van der Waals surface area contributed by atoms with Crippen LogP contribution in [0.3, 0.4) is 0 Å². The molecule has 1 N–H and O–H groups in total. The fraction of sp³-hybridized carbons (Fsp3) is 0.577. The minimum absolute atomic E-state index is 0.0521. The number of thiazole rings is 1. The minimum Gasteiger partial charge on any atom is -0.476 e. The van der Waals surface area contributed by atoms with Crippen molar-refractivity contribution in [2.45, 2.75) is 57.5 Å². The smallest absolute Gasteiger partial charge is 0.270 e. The highest BCUT2D eigenvalue weighted by Gasteiger charge is 2.37. The van der Waals surface area contributed by atoms with Crippen molar-refractivity contribution in [2.24, 2.45) is 0 Å². The van der Waals surface area contributed by atoms with Crippen LogP contribution in [-0.4, -0.2) is 71.5 Å². The van der Waals surface area contributed by atoms with E-state index >= 15 is 0 Å². The molecule has 2 aliphatic heterocycles. The number of benzene rings is 1. The number of aromatic nitrogens is 1. The predicted octanol–water partition coefficient (Wildman–Crippen LogP) is 4.58. The number of ether oxygens (including phenoxy) is 1. The van der Waals surface area contributed by atoms with Gasteiger partial charge in [-0.25, -0.2) is 4.98 Å². The number of nitrogens with one attached hydrogen (secondary N) is 1. The van der Waals surface area contributed by atoms with E-state index in [1.165, 1.54) is 30.6 Å². The lowest BCUT2D eigenvalue weighted by Crippen LogP contribution is -2.51. The molecule has 1 aromatic heterocycles. The van der Waals surface area contributed by atoms with Crippen LogP contribution in [0.15, 0.2) is 29.6 Å². The second kappa shape index (κ2) is 11.7. The van der Waals surface area contributed by atoms with E-state index in [4.69, 9.17) is 16.3 Å². The highest BCUT2D eigenvalue weighted by atomic mass is 35.5. The van der Waals surface area contributed by atoms with Crippen LogP contribution in [0.1, 0.15) is 67.4 Å². The third-order valence-corrected chi connectivity index (χ3v) is 8.08. The minimum atomic E-state index is -1.02. The lowest BCUT2D eigenvalue weighted by atomic mass is 9.96. The lowest BCUT2D eigenvalue weighted by Gasteiger charge is -2.36. The molecule has 35 heavy (non-hydrogen) atoms. The van der Waals surface area contributed by atoms with Crippen molar-refractivity contribution in [1.82, 2.24) is 20.1 Å². The largest absolute Gasteiger partial charge is 0.476 e. The summed E-state index contributed by atoms with van der Waals surface area (Å²) in [6.07, 6.45) is 5.44. The summed E-state index contributed by atoms with van der Waals surface area (Å²) in [7, 11) is 0. The first-order chi connectivity index (χ1) is 16.8. The third kappa shape index (κ3) is 6.74. The van der Waals surface area contributed by atoms with Gasteiger partial charge in [-0.1, -0.05) is 30.2 Å². The molecule has 0 spiro atoms. The molecule has 190 valence electrons. The maximum Gasteiger partial charge on any atom is 0.270 e. The highest BCUT2D eigenvalue weighted by molar-refractivity contribution is 7.09. The standard InChI is InChI=1S/C26H35ClN4O3S/c1-26(2,34-22-9-5-4-8-20(22)27)25(33)31-15-10-19(11-16-31)24-29-21(18-35-24)23(32)28-12-17-30-13-6-3-7-14-30/h4-5,8-9,18-19H,3,6-7,10-17H2,1-2H3,(H,28,32). The number of carbonyl (C=O) groups is 2. The summed E-state index contributed by atoms with van der Waals surface area (Å²) >= 11 is 7.75. The van der Waals surface area contributed by atoms with E-state index < -0.39 is 5.60 Å². The lowest BCUT2D eigenvalue weighted by molar-refractivity contribution is -0.146. The van der Waals surface area contributed by atoms with Crippen LogP contribution in [0.5, 0.6) is 5.75 Å². The van der Waals surface area contributed by atoms with Gasteiger partial charge in [-0.05, 0) is 64.8 Å². The van der Waals surface area contributed by atoms with Crippen molar-refractivity contribution >= 4 is 34.8 Å². The van der Waals surface area contributed by atoms with Crippen molar-refractivity contribution in [1.29, 1.82) is 0 Å². The quantitative estimate of drug-likeness (QED) is 0.554. The summed E-state index contributed by atoms with van der Waals surface area (Å²) in [4.78, 5) is 34.6. The molecule has 0 bridgehead atoms. The molecule has 2 aromatic rings. The molecule has 2 fully saturated rings. The normalized spacial score (nSPS) is 17.9. The van der Waals surface area contributed by atoms with Gasteiger partial charge in [-0.2, -0.15) is 0 Å². The number of hydrogen-bond acceptors (Lipinski definition) is 6. The van der Waals surface area contributed by atoms with Gasteiger partial charge < -0.3 is 19.9 Å². The van der Waals surface area contributed by atoms with Crippen molar-refractivity contribution < 1.29 is 14.3 Å². The van der Waals surface area contributed by atoms with Crippen LogP contribution in [-0.2, 0) is 4.79 Å². The summed E-state index contributed by atoms with van der Waals surface area (Å²) < 4.78 is 5.98. The SMILES string of the molecule is CC(C)(Oc1ccccc1Cl)C(=O)N1CCC(c2nc(C(=O)NCCN3CCCCC3)cs2)CC1. The number of para-hydroxylation sites is 1. The molecule has 7 nitrogen and oxygen atoms in total. The van der Waals surface area contributed by atoms with Crippen molar-refractivity contribution in [2.75, 3.05) is 39.3 Å². The molecule has 0 aliphatic carbocycles. The van der Waals surface area contributed by atoms with E-state index in [-0.39, 0.29) is 17.7 Å². The first-order valence-corrected chi connectivity index (χ1v) is 13.8. The Morgan fingerprint density at radius 1 is 1.14 bits per heavy atom. The Bertz CT molecular complexity index is 1010. The Kier molecular flexibility index (Phi) is 8.68. The van der Waals surface area contributed by atoms with Gasteiger partial charge in [-0.3, -0.25) is 9.59 Å². The Labute approximate surface area is 216 Å². The van der Waals surface area contributed by atoms with Crippen LogP contribution in [0.25, 0.3) is 0 Å². The van der Waals surface area contributed by atoms with E-state index in [0.717, 1.165) is 37.5 Å². The van der Waals surface area contributed by atoms with E-state index in [2.05, 4.69) is 15.2 Å². The maximum absolute atomic E-state index is 13.2. The molecule has 0 atom stereocenters. The fourth-order valence-corrected chi connectivity index (χ4v) is 5.88. The zero-order chi connectivity index (χ0) is 24.8. The molecule has 1 aromatic carbocycles. The maximum atomic E-state index is 13.2. The third-order valence-electron chi connectivity index (χ3n) is 6.77. The summed E-state index contributed by atoms with van der Waals surface area (Å²) in [5, 5.41) is 6.33. The molecular weight excluding hydrogens is 484 g/mol. The first kappa shape index (κ1) is 25.9. The van der Waals surface area contributed by atoms with Gasteiger partial charge in [0.1, 0.15) is 11.4 Å². The van der Waals surface area contributed by atoms with Crippen molar-refractivity contribution in [3.05, 3.63) is 45.4 Å². The van der Waals surface area contributed by atoms with Gasteiger partial charge in [0.25, 0.3) is 11.8 Å². The number of halogens is 1. The second-order valence-electron chi connectivity index (χ2n) is 9.84. The zero-order valence-electron chi connectivity index (χ0n) is 20.6. The average Bonchev–Trinajstić information content (AvgIpc) is 3.36. The number of nitrogens with zero attached hydrogens (tertiary/aromatic N) is 3. The monoisotopic (exact) mass is 518 g/mol. The average molecular weight is 519 g/mol. The Hall–Kier alpha value is -2.16. The summed E-state index contributed by atoms with van der Waals surface area (Å²) in [6, 6.07) is 7.19. The number of amides is 2. The molecule has 3 heterocycles. The fourth-order valence-electron chi connectivity index (χ4n) is 4.74. The molecule has 0 saturated carbocycles. The van der Waals surface area contributed by atoms with Gasteiger partial charge in [0.2, 0.25) is 0 Å². The van der Waals surface area contributed by atoms with Crippen LogP contribution in [0.2, 0.25) is 5.02 Å². The van der Waals surface area contributed by atoms with Crippen LogP contribution in [0, 0.1) is 0 Å². The molecular formula is C26H35ClN4O3S. The molecule has 4 rings (SSSR count). The van der Waals surface area contributed by atoms with Crippen molar-refractivity contribution in [3.63, 3.8) is 0 Å². The molecule has 2 amide bonds. The number of likely N-dealkylation sites (tertiary alicyclic amines) is 2. The predicted molar refractivity (Wildman–Crippen MR) is 139 cm³/mol. The summed E-state index contributed by atoms with van der Waals surface area (Å²) in [6.45, 7) is 8.63. The Morgan fingerprint density at radius 2 is 1.86 bits per heavy atom. The molecule has 0 radical (unpaired) electrons. The highest BCUT2D eigenvalue weighted by Crippen LogP contribution is 2.33. The summed E-state index contributed by atoms with van der Waals surface area (Å²) in [5.74, 6) is 0.609. The van der Waals surface area contributed by atoms with Gasteiger partial charge >= 0.3 is 0 Å². The van der Waals surface area contributed by atoms with Gasteiger partial charge in [0.05, 0.1) is 10.0 Å². The van der Waals surface area contributed by atoms with Crippen LogP contribution in [0.4, 0.5) is 0 Å². The molecule has 2 saturated heterocycles. The van der Waals surface area contributed by atoms with E-state index in [9.17, 15) is 9.59 Å². The Morgan fingerprint density at radius 3 is 2.57 bits per heavy atom. The van der Waals surface area contributed by atoms with Gasteiger partial charge in [0.15, 0.2) is 5.60 Å². The first-order valence-electron chi connectivity index (χ1n) is 12.5. The van der Waals surface area contributed by atoms with Gasteiger partial charge in [0, 0.05) is 37.5 Å². The van der Waals surface area contributed by atoms with Crippen LogP contribution < -0.4 is 10.1 Å². The summed E-state index contributed by atoms with van der Waals surface area (Å²) in [5.41, 5.74) is -0.519. The van der Waals surface area contributed by atoms with Gasteiger partial charge in [-0.15, -0.1) is 11.3 Å². The Balaban J connectivity index is 1.25. The van der Waals surface area contributed by atoms with E-state index in [1.54, 1.807) is 26.0 Å². The number of carbonyl (C=O) groups excluding carboxylic acids is 2. The molecule has 0 unspecified atom stereocenters. The number of rotatable bonds is 8. The second-order valence-corrected chi connectivity index (χ2v) is 11.1. The zero-order valence-corrected chi connectivity index (χ0v) is 22.2. The molecule has 9 heteroatoms.